The van der Waals surface area contributed by atoms with Crippen molar-refractivity contribution in [1.82, 2.24) is 15.5 Å². The Hall–Kier alpha value is -1.84. The Kier molecular flexibility index (Phi) is 11.5. The molecule has 2 amide bonds. The average molecular weight is 501 g/mol. The van der Waals surface area contributed by atoms with E-state index in [-0.39, 0.29) is 41.7 Å². The summed E-state index contributed by atoms with van der Waals surface area (Å²) < 4.78 is 0. The summed E-state index contributed by atoms with van der Waals surface area (Å²) >= 11 is 0. The van der Waals surface area contributed by atoms with Gasteiger partial charge < -0.3 is 21.3 Å². The third-order valence-electron chi connectivity index (χ3n) is 4.58. The first-order valence-electron chi connectivity index (χ1n) is 9.70. The van der Waals surface area contributed by atoms with Gasteiger partial charge in [-0.05, 0) is 31.2 Å². The second-order valence-corrected chi connectivity index (χ2v) is 6.87. The highest BCUT2D eigenvalue weighted by Gasteiger charge is 2.23. The second-order valence-electron chi connectivity index (χ2n) is 6.87. The minimum Gasteiger partial charge on any atom is -0.370 e. The summed E-state index contributed by atoms with van der Waals surface area (Å²) in [5.41, 5.74) is 6.42. The zero-order chi connectivity index (χ0) is 19.5. The van der Waals surface area contributed by atoms with Crippen LogP contribution in [0.3, 0.4) is 0 Å². The number of primary amides is 1. The predicted octanol–water partition coefficient (Wildman–Crippen LogP) is 1.86. The van der Waals surface area contributed by atoms with Crippen molar-refractivity contribution >= 4 is 41.8 Å². The highest BCUT2D eigenvalue weighted by Crippen LogP contribution is 2.19. The highest BCUT2D eigenvalue weighted by molar-refractivity contribution is 14.0. The molecule has 7 nitrogen and oxygen atoms in total. The topological polar surface area (TPSA) is 99.8 Å². The maximum absolute atomic E-state index is 12.0. The highest BCUT2D eigenvalue weighted by atomic mass is 127. The molecular formula is C20H32IN5O2. The van der Waals surface area contributed by atoms with E-state index in [9.17, 15) is 9.59 Å². The normalized spacial score (nSPS) is 16.8. The number of benzene rings is 1. The van der Waals surface area contributed by atoms with Gasteiger partial charge in [-0.25, -0.2) is 0 Å². The zero-order valence-electron chi connectivity index (χ0n) is 16.5. The van der Waals surface area contributed by atoms with Crippen molar-refractivity contribution in [3.63, 3.8) is 0 Å². The quantitative estimate of drug-likeness (QED) is 0.288. The molecule has 1 aromatic rings. The number of nitrogens with zero attached hydrogens (tertiary/aromatic N) is 2. The molecule has 0 aliphatic carbocycles. The van der Waals surface area contributed by atoms with Crippen LogP contribution >= 0.6 is 24.0 Å². The van der Waals surface area contributed by atoms with Gasteiger partial charge in [0.1, 0.15) is 0 Å². The van der Waals surface area contributed by atoms with Gasteiger partial charge in [0.15, 0.2) is 5.96 Å². The fraction of sp³-hybridized carbons (Fsp3) is 0.550. The van der Waals surface area contributed by atoms with E-state index < -0.39 is 0 Å². The molecule has 0 aromatic heterocycles. The molecule has 0 spiro atoms. The monoisotopic (exact) mass is 501 g/mol. The molecule has 1 unspecified atom stereocenters. The van der Waals surface area contributed by atoms with Gasteiger partial charge in [0.2, 0.25) is 11.8 Å². The molecule has 2 rings (SSSR count). The molecule has 1 saturated heterocycles. The van der Waals surface area contributed by atoms with Crippen LogP contribution in [0.2, 0.25) is 0 Å². The van der Waals surface area contributed by atoms with Gasteiger partial charge in [0.25, 0.3) is 0 Å². The van der Waals surface area contributed by atoms with E-state index in [1.54, 1.807) is 0 Å². The molecule has 0 bridgehead atoms. The minimum atomic E-state index is -0.251. The number of nitrogens with one attached hydrogen (secondary N) is 2. The van der Waals surface area contributed by atoms with Crippen LogP contribution in [0.1, 0.15) is 38.2 Å². The van der Waals surface area contributed by atoms with E-state index in [2.05, 4.69) is 20.5 Å². The molecular weight excluding hydrogens is 469 g/mol. The van der Waals surface area contributed by atoms with Crippen molar-refractivity contribution in [2.75, 3.05) is 26.2 Å². The Morgan fingerprint density at radius 2 is 2.00 bits per heavy atom. The standard InChI is InChI=1S/C20H31N5O2.HI/c1-2-22-20(25-12-6-9-17(15-25)13-18(21)26)23-11-10-19(27)24-14-16-7-4-3-5-8-16;/h3-5,7-8,17H,2,6,9-15H2,1H3,(H2,21,26)(H,22,23)(H,24,27);1H. The molecule has 1 aliphatic rings. The molecule has 1 aliphatic heterocycles. The number of piperidine rings is 1. The van der Waals surface area contributed by atoms with E-state index in [0.717, 1.165) is 44.0 Å². The van der Waals surface area contributed by atoms with Gasteiger partial charge >= 0.3 is 0 Å². The van der Waals surface area contributed by atoms with Crippen LogP contribution in [0.15, 0.2) is 35.3 Å². The summed E-state index contributed by atoms with van der Waals surface area (Å²) in [4.78, 5) is 30.0. The zero-order valence-corrected chi connectivity index (χ0v) is 18.9. The van der Waals surface area contributed by atoms with Crippen molar-refractivity contribution in [3.8, 4) is 0 Å². The first kappa shape index (κ1) is 24.2. The lowest BCUT2D eigenvalue weighted by molar-refractivity contribution is -0.121. The molecule has 1 aromatic carbocycles. The van der Waals surface area contributed by atoms with E-state index in [0.29, 0.717) is 25.9 Å². The second kappa shape index (κ2) is 13.4. The Bertz CT molecular complexity index is 639. The summed E-state index contributed by atoms with van der Waals surface area (Å²) in [6.07, 6.45) is 2.79. The maximum Gasteiger partial charge on any atom is 0.222 e. The fourth-order valence-electron chi connectivity index (χ4n) is 3.28. The van der Waals surface area contributed by atoms with Crippen molar-refractivity contribution in [1.29, 1.82) is 0 Å². The summed E-state index contributed by atoms with van der Waals surface area (Å²) in [6, 6.07) is 9.84. The van der Waals surface area contributed by atoms with Crippen LogP contribution in [0.25, 0.3) is 0 Å². The van der Waals surface area contributed by atoms with E-state index in [1.807, 2.05) is 37.3 Å². The Labute approximate surface area is 184 Å². The SMILES string of the molecule is CCNC(=NCCC(=O)NCc1ccccc1)N1CCCC(CC(N)=O)C1.I. The maximum atomic E-state index is 12.0. The molecule has 0 radical (unpaired) electrons. The van der Waals surface area contributed by atoms with Crippen molar-refractivity contribution in [2.24, 2.45) is 16.6 Å². The molecule has 28 heavy (non-hydrogen) atoms. The number of hydrogen-bond donors (Lipinski definition) is 3. The molecule has 1 atom stereocenters. The third kappa shape index (κ3) is 8.90. The van der Waals surface area contributed by atoms with E-state index in [4.69, 9.17) is 5.73 Å². The van der Waals surface area contributed by atoms with Gasteiger partial charge in [-0.2, -0.15) is 0 Å². The molecule has 8 heteroatoms. The number of halogens is 1. The number of aliphatic imine (C=N–C) groups is 1. The number of hydrogen-bond acceptors (Lipinski definition) is 3. The number of carbonyl (C=O) groups excluding carboxylic acids is 2. The van der Waals surface area contributed by atoms with Crippen molar-refractivity contribution < 1.29 is 9.59 Å². The largest absolute Gasteiger partial charge is 0.370 e. The van der Waals surface area contributed by atoms with Gasteiger partial charge in [0.05, 0.1) is 6.54 Å². The van der Waals surface area contributed by atoms with Crippen molar-refractivity contribution in [3.05, 3.63) is 35.9 Å². The lowest BCUT2D eigenvalue weighted by atomic mass is 9.95. The minimum absolute atomic E-state index is 0. The van der Waals surface area contributed by atoms with Crippen LogP contribution in [0.4, 0.5) is 0 Å². The number of nitrogens with two attached hydrogens (primary N) is 1. The first-order chi connectivity index (χ1) is 13.1. The lowest BCUT2D eigenvalue weighted by Gasteiger charge is -2.34. The van der Waals surface area contributed by atoms with Crippen LogP contribution in [-0.4, -0.2) is 48.9 Å². The van der Waals surface area contributed by atoms with Gasteiger partial charge in [-0.3, -0.25) is 14.6 Å². The fourth-order valence-corrected chi connectivity index (χ4v) is 3.28. The molecule has 1 fully saturated rings. The Balaban J connectivity index is 0.00000392. The van der Waals surface area contributed by atoms with Crippen LogP contribution in [-0.2, 0) is 16.1 Å². The number of amides is 2. The molecule has 4 N–H and O–H groups in total. The van der Waals surface area contributed by atoms with Gasteiger partial charge in [-0.15, -0.1) is 24.0 Å². The number of likely N-dealkylation sites (tertiary alicyclic amines) is 1. The smallest absolute Gasteiger partial charge is 0.222 e. The first-order valence-corrected chi connectivity index (χ1v) is 9.70. The van der Waals surface area contributed by atoms with Gasteiger partial charge in [0, 0.05) is 39.0 Å². The average Bonchev–Trinajstić information content (AvgIpc) is 2.66. The summed E-state index contributed by atoms with van der Waals surface area (Å²) in [6.45, 7) is 5.42. The lowest BCUT2D eigenvalue weighted by Crippen LogP contribution is -2.47. The molecule has 156 valence electrons. The molecule has 1 heterocycles. The number of guanidine groups is 1. The van der Waals surface area contributed by atoms with E-state index >= 15 is 0 Å². The van der Waals surface area contributed by atoms with E-state index in [1.165, 1.54) is 0 Å². The third-order valence-corrected chi connectivity index (χ3v) is 4.58. The van der Waals surface area contributed by atoms with Crippen molar-refractivity contribution in [2.45, 2.75) is 39.2 Å². The Morgan fingerprint density at radius 1 is 1.25 bits per heavy atom. The van der Waals surface area contributed by atoms with Crippen LogP contribution in [0.5, 0.6) is 0 Å². The summed E-state index contributed by atoms with van der Waals surface area (Å²) in [5.74, 6) is 0.819. The number of carbonyl (C=O) groups is 2. The van der Waals surface area contributed by atoms with Gasteiger partial charge in [-0.1, -0.05) is 30.3 Å². The van der Waals surface area contributed by atoms with Crippen LogP contribution in [0, 0.1) is 5.92 Å². The summed E-state index contributed by atoms with van der Waals surface area (Å²) in [5, 5.41) is 6.21. The summed E-state index contributed by atoms with van der Waals surface area (Å²) in [7, 11) is 0. The van der Waals surface area contributed by atoms with Crippen LogP contribution < -0.4 is 16.4 Å². The Morgan fingerprint density at radius 3 is 2.68 bits per heavy atom. The molecule has 0 saturated carbocycles. The number of rotatable bonds is 8. The predicted molar refractivity (Wildman–Crippen MR) is 122 cm³/mol.